The van der Waals surface area contributed by atoms with Crippen molar-refractivity contribution in [1.29, 1.82) is 0 Å². The zero-order valence-electron chi connectivity index (χ0n) is 10.1. The largest absolute Gasteiger partial charge is 0.377 e. The molecule has 1 atom stereocenters. The molecule has 0 radical (unpaired) electrons. The van der Waals surface area contributed by atoms with Crippen LogP contribution in [0.15, 0.2) is 12.3 Å². The van der Waals surface area contributed by atoms with Gasteiger partial charge in [0.15, 0.2) is 0 Å². The number of likely N-dealkylation sites (N-methyl/N-ethyl adjacent to an activating group) is 2. The van der Waals surface area contributed by atoms with E-state index >= 15 is 0 Å². The second-order valence-corrected chi connectivity index (χ2v) is 4.57. The molecular formula is C12H24N2. The minimum Gasteiger partial charge on any atom is -0.377 e. The van der Waals surface area contributed by atoms with Crippen molar-refractivity contribution in [2.45, 2.75) is 45.2 Å². The van der Waals surface area contributed by atoms with E-state index in [1.165, 1.54) is 19.3 Å². The van der Waals surface area contributed by atoms with Crippen LogP contribution in [0.2, 0.25) is 0 Å². The van der Waals surface area contributed by atoms with Crippen LogP contribution in [-0.2, 0) is 0 Å². The highest BCUT2D eigenvalue weighted by Gasteiger charge is 2.30. The molecule has 2 nitrogen and oxygen atoms in total. The number of rotatable bonds is 6. The van der Waals surface area contributed by atoms with Crippen molar-refractivity contribution in [3.63, 3.8) is 0 Å². The van der Waals surface area contributed by atoms with Gasteiger partial charge < -0.3 is 4.90 Å². The van der Waals surface area contributed by atoms with Gasteiger partial charge in [-0.25, -0.2) is 0 Å². The lowest BCUT2D eigenvalue weighted by Gasteiger charge is -2.32. The Kier molecular flexibility index (Phi) is 3.99. The normalized spacial score (nSPS) is 18.4. The molecule has 2 heteroatoms. The Morgan fingerprint density at radius 1 is 1.43 bits per heavy atom. The van der Waals surface area contributed by atoms with E-state index in [1.807, 2.05) is 0 Å². The molecule has 0 bridgehead atoms. The molecular weight excluding hydrogens is 172 g/mol. The van der Waals surface area contributed by atoms with Crippen molar-refractivity contribution in [3.05, 3.63) is 12.3 Å². The zero-order valence-corrected chi connectivity index (χ0v) is 10.1. The average molecular weight is 196 g/mol. The molecule has 0 aromatic rings. The number of nitrogens with zero attached hydrogens (tertiary/aromatic N) is 2. The Hall–Kier alpha value is -0.500. The van der Waals surface area contributed by atoms with E-state index in [0.717, 1.165) is 18.3 Å². The van der Waals surface area contributed by atoms with E-state index < -0.39 is 0 Å². The summed E-state index contributed by atoms with van der Waals surface area (Å²) in [4.78, 5) is 4.80. The molecule has 14 heavy (non-hydrogen) atoms. The monoisotopic (exact) mass is 196 g/mol. The van der Waals surface area contributed by atoms with Gasteiger partial charge in [0, 0.05) is 31.4 Å². The van der Waals surface area contributed by atoms with Gasteiger partial charge >= 0.3 is 0 Å². The topological polar surface area (TPSA) is 6.48 Å². The summed E-state index contributed by atoms with van der Waals surface area (Å²) in [7, 11) is 4.39. The second-order valence-electron chi connectivity index (χ2n) is 4.57. The van der Waals surface area contributed by atoms with Crippen LogP contribution in [0.3, 0.4) is 0 Å². The molecule has 82 valence electrons. The highest BCUT2D eigenvalue weighted by atomic mass is 15.2. The number of hydrogen-bond donors (Lipinski definition) is 0. The molecule has 0 N–H and O–H groups in total. The summed E-state index contributed by atoms with van der Waals surface area (Å²) in [6, 6.07) is 1.54. The third-order valence-corrected chi connectivity index (χ3v) is 3.31. The van der Waals surface area contributed by atoms with Gasteiger partial charge in [0.2, 0.25) is 0 Å². The van der Waals surface area contributed by atoms with E-state index in [4.69, 9.17) is 0 Å². The maximum absolute atomic E-state index is 3.97. The van der Waals surface area contributed by atoms with Gasteiger partial charge in [-0.3, -0.25) is 4.90 Å². The van der Waals surface area contributed by atoms with E-state index in [0.29, 0.717) is 6.04 Å². The minimum absolute atomic E-state index is 0.684. The minimum atomic E-state index is 0.684. The SMILES string of the molecule is C=C(C)N(C)CC(CC)N(C)C1CC1. The first kappa shape index (κ1) is 11.6. The van der Waals surface area contributed by atoms with Crippen molar-refractivity contribution in [3.8, 4) is 0 Å². The van der Waals surface area contributed by atoms with Crippen LogP contribution in [0, 0.1) is 0 Å². The maximum Gasteiger partial charge on any atom is 0.0327 e. The molecule has 0 aromatic carbocycles. The summed E-state index contributed by atoms with van der Waals surface area (Å²) in [5.41, 5.74) is 1.16. The predicted octanol–water partition coefficient (Wildman–Crippen LogP) is 2.32. The molecule has 0 spiro atoms. The van der Waals surface area contributed by atoms with Gasteiger partial charge in [0.25, 0.3) is 0 Å². The lowest BCUT2D eigenvalue weighted by atomic mass is 10.2. The molecule has 1 rings (SSSR count). The van der Waals surface area contributed by atoms with Crippen LogP contribution in [0.5, 0.6) is 0 Å². The average Bonchev–Trinajstić information content (AvgIpc) is 2.95. The molecule has 1 fully saturated rings. The van der Waals surface area contributed by atoms with E-state index in [1.54, 1.807) is 0 Å². The Morgan fingerprint density at radius 2 is 2.00 bits per heavy atom. The van der Waals surface area contributed by atoms with Gasteiger partial charge in [-0.2, -0.15) is 0 Å². The summed E-state index contributed by atoms with van der Waals surface area (Å²) in [6.45, 7) is 9.43. The fourth-order valence-electron chi connectivity index (χ4n) is 1.80. The Morgan fingerprint density at radius 3 is 2.36 bits per heavy atom. The van der Waals surface area contributed by atoms with Crippen molar-refractivity contribution >= 4 is 0 Å². The van der Waals surface area contributed by atoms with Gasteiger partial charge in [-0.1, -0.05) is 13.5 Å². The summed E-state index contributed by atoms with van der Waals surface area (Å²) in [5.74, 6) is 0. The Labute approximate surface area is 88.6 Å². The molecule has 0 amide bonds. The van der Waals surface area contributed by atoms with Gasteiger partial charge in [0.05, 0.1) is 0 Å². The smallest absolute Gasteiger partial charge is 0.0327 e. The van der Waals surface area contributed by atoms with Crippen LogP contribution in [-0.4, -0.2) is 42.5 Å². The Balaban J connectivity index is 2.40. The lowest BCUT2D eigenvalue weighted by Crippen LogP contribution is -2.41. The lowest BCUT2D eigenvalue weighted by molar-refractivity contribution is 0.185. The molecule has 0 aliphatic heterocycles. The highest BCUT2D eigenvalue weighted by Crippen LogP contribution is 2.28. The fraction of sp³-hybridized carbons (Fsp3) is 0.833. The van der Waals surface area contributed by atoms with Gasteiger partial charge in [-0.05, 0) is 33.2 Å². The van der Waals surface area contributed by atoms with Crippen LogP contribution < -0.4 is 0 Å². The molecule has 1 aliphatic rings. The third-order valence-electron chi connectivity index (χ3n) is 3.31. The van der Waals surface area contributed by atoms with Crippen LogP contribution in [0.25, 0.3) is 0 Å². The van der Waals surface area contributed by atoms with Crippen molar-refractivity contribution in [2.75, 3.05) is 20.6 Å². The molecule has 1 unspecified atom stereocenters. The summed E-state index contributed by atoms with van der Waals surface area (Å²) < 4.78 is 0. The van der Waals surface area contributed by atoms with Gasteiger partial charge in [0.1, 0.15) is 0 Å². The molecule has 0 heterocycles. The quantitative estimate of drug-likeness (QED) is 0.643. The molecule has 1 aliphatic carbocycles. The van der Waals surface area contributed by atoms with E-state index in [2.05, 4.69) is 44.3 Å². The summed E-state index contributed by atoms with van der Waals surface area (Å²) in [5, 5.41) is 0. The second kappa shape index (κ2) is 4.83. The van der Waals surface area contributed by atoms with E-state index in [-0.39, 0.29) is 0 Å². The highest BCUT2D eigenvalue weighted by molar-refractivity contribution is 4.91. The predicted molar refractivity (Wildman–Crippen MR) is 62.3 cm³/mol. The molecule has 1 saturated carbocycles. The fourth-order valence-corrected chi connectivity index (χ4v) is 1.80. The zero-order chi connectivity index (χ0) is 10.7. The summed E-state index contributed by atoms with van der Waals surface area (Å²) >= 11 is 0. The Bertz CT molecular complexity index is 196. The first-order chi connectivity index (χ1) is 6.56. The molecule has 0 saturated heterocycles. The third kappa shape index (κ3) is 3.02. The van der Waals surface area contributed by atoms with Crippen molar-refractivity contribution < 1.29 is 0 Å². The number of hydrogen-bond acceptors (Lipinski definition) is 2. The first-order valence-electron chi connectivity index (χ1n) is 5.64. The van der Waals surface area contributed by atoms with Crippen LogP contribution in [0.4, 0.5) is 0 Å². The van der Waals surface area contributed by atoms with Gasteiger partial charge in [-0.15, -0.1) is 0 Å². The maximum atomic E-state index is 3.97. The number of allylic oxidation sites excluding steroid dienone is 1. The van der Waals surface area contributed by atoms with Crippen molar-refractivity contribution in [2.24, 2.45) is 0 Å². The van der Waals surface area contributed by atoms with Crippen molar-refractivity contribution in [1.82, 2.24) is 9.80 Å². The standard InChI is InChI=1S/C12H24N2/c1-6-11(9-13(4)10(2)3)14(5)12-7-8-12/h11-12H,2,6-9H2,1,3-5H3. The first-order valence-corrected chi connectivity index (χ1v) is 5.64. The summed E-state index contributed by atoms with van der Waals surface area (Å²) in [6.07, 6.45) is 4.01. The van der Waals surface area contributed by atoms with E-state index in [9.17, 15) is 0 Å². The van der Waals surface area contributed by atoms with Crippen LogP contribution >= 0.6 is 0 Å². The molecule has 0 aromatic heterocycles. The van der Waals surface area contributed by atoms with Crippen LogP contribution in [0.1, 0.15) is 33.1 Å².